The smallest absolute Gasteiger partial charge is 0.306 e. The van der Waals surface area contributed by atoms with E-state index in [2.05, 4.69) is 13.8 Å². The van der Waals surface area contributed by atoms with Gasteiger partial charge in [-0.1, -0.05) is 155 Å². The molecule has 0 saturated carbocycles. The second-order valence-corrected chi connectivity index (χ2v) is 14.2. The van der Waals surface area contributed by atoms with E-state index in [0.717, 1.165) is 38.5 Å². The minimum Gasteiger partial charge on any atom is -0.756 e. The molecule has 0 radical (unpaired) electrons. The monoisotopic (exact) mass is 676 g/mol. The summed E-state index contributed by atoms with van der Waals surface area (Å²) in [6, 6.07) is 0. The van der Waals surface area contributed by atoms with Crippen LogP contribution >= 0.6 is 7.82 Å². The highest BCUT2D eigenvalue weighted by Crippen LogP contribution is 2.38. The number of phosphoric ester groups is 1. The van der Waals surface area contributed by atoms with E-state index in [0.29, 0.717) is 12.8 Å². The zero-order chi connectivity index (χ0) is 34.0. The number of unbranched alkanes of at least 4 members (excludes halogenated alkanes) is 22. The predicted octanol–water partition coefficient (Wildman–Crippen LogP) is 9.47. The van der Waals surface area contributed by atoms with Crippen molar-refractivity contribution in [3.8, 4) is 0 Å². The maximum Gasteiger partial charge on any atom is 0.306 e. The van der Waals surface area contributed by atoms with Crippen molar-refractivity contribution in [1.82, 2.24) is 0 Å². The number of ether oxygens (including phenoxy) is 2. The van der Waals surface area contributed by atoms with E-state index < -0.39 is 26.5 Å². The van der Waals surface area contributed by atoms with E-state index in [1.54, 1.807) is 0 Å². The first-order valence-electron chi connectivity index (χ1n) is 19.0. The lowest BCUT2D eigenvalue weighted by atomic mass is 10.0. The van der Waals surface area contributed by atoms with Crippen molar-refractivity contribution in [2.75, 3.05) is 26.4 Å². The summed E-state index contributed by atoms with van der Waals surface area (Å²) in [6.45, 7) is 3.94. The van der Waals surface area contributed by atoms with Gasteiger partial charge in [-0.3, -0.25) is 14.2 Å². The standard InChI is InChI=1S/C36H72NO8P/c1-3-5-7-9-11-13-15-16-18-19-21-23-25-28-35(38)42-32-34(33-44-46(40,41)43-31-27-30-37)45-36(39)29-26-24-22-20-17-14-12-10-8-6-4-2/h34H,3-33,37H2,1-2H3,(H,40,41)/p-1/t34-/m0/s1. The van der Waals surface area contributed by atoms with Crippen LogP contribution in [0, 0.1) is 0 Å². The quantitative estimate of drug-likeness (QED) is 0.0391. The van der Waals surface area contributed by atoms with Crippen molar-refractivity contribution < 1.29 is 37.6 Å². The first-order chi connectivity index (χ1) is 22.3. The van der Waals surface area contributed by atoms with E-state index >= 15 is 0 Å². The van der Waals surface area contributed by atoms with Gasteiger partial charge in [0.05, 0.1) is 13.2 Å². The van der Waals surface area contributed by atoms with Gasteiger partial charge >= 0.3 is 11.9 Å². The van der Waals surface area contributed by atoms with Crippen LogP contribution in [0.5, 0.6) is 0 Å². The molecule has 274 valence electrons. The SMILES string of the molecule is CCCCCCCCCCCCCCCC(=O)OC[C@@H](COP(=O)([O-])OCCCN)OC(=O)CCCCCCCCCCCCC. The van der Waals surface area contributed by atoms with Crippen LogP contribution in [0.15, 0.2) is 0 Å². The third kappa shape index (κ3) is 32.9. The molecule has 0 bridgehead atoms. The van der Waals surface area contributed by atoms with Crippen molar-refractivity contribution in [2.24, 2.45) is 5.73 Å². The van der Waals surface area contributed by atoms with Crippen LogP contribution < -0.4 is 10.6 Å². The molecule has 0 aromatic heterocycles. The fourth-order valence-corrected chi connectivity index (χ4v) is 6.09. The molecule has 0 aromatic rings. The first kappa shape index (κ1) is 45.0. The number of phosphoric acid groups is 1. The molecule has 0 amide bonds. The highest BCUT2D eigenvalue weighted by Gasteiger charge is 2.21. The average Bonchev–Trinajstić information content (AvgIpc) is 3.03. The van der Waals surface area contributed by atoms with E-state index in [1.165, 1.54) is 109 Å². The van der Waals surface area contributed by atoms with Crippen LogP contribution in [0.2, 0.25) is 0 Å². The second kappa shape index (κ2) is 33.9. The van der Waals surface area contributed by atoms with Crippen molar-refractivity contribution in [3.63, 3.8) is 0 Å². The Balaban J connectivity index is 4.26. The average molecular weight is 677 g/mol. The minimum atomic E-state index is -4.60. The topological polar surface area (TPSA) is 137 Å². The molecule has 10 heteroatoms. The van der Waals surface area contributed by atoms with E-state index in [9.17, 15) is 19.0 Å². The third-order valence-electron chi connectivity index (χ3n) is 8.21. The van der Waals surface area contributed by atoms with Crippen LogP contribution in [-0.4, -0.2) is 44.4 Å². The Morgan fingerprint density at radius 2 is 0.957 bits per heavy atom. The third-order valence-corrected chi connectivity index (χ3v) is 9.18. The molecule has 0 aromatic carbocycles. The maximum atomic E-state index is 12.5. The fourth-order valence-electron chi connectivity index (χ4n) is 5.31. The molecule has 2 atom stereocenters. The van der Waals surface area contributed by atoms with Gasteiger partial charge in [0, 0.05) is 12.8 Å². The van der Waals surface area contributed by atoms with Gasteiger partial charge in [-0.05, 0) is 25.8 Å². The highest BCUT2D eigenvalue weighted by molar-refractivity contribution is 7.45. The van der Waals surface area contributed by atoms with Crippen LogP contribution in [-0.2, 0) is 32.7 Å². The Bertz CT molecular complexity index is 739. The number of esters is 2. The number of hydrogen-bond acceptors (Lipinski definition) is 9. The fraction of sp³-hybridized carbons (Fsp3) is 0.944. The molecule has 2 N–H and O–H groups in total. The lowest BCUT2D eigenvalue weighted by Crippen LogP contribution is -2.30. The van der Waals surface area contributed by atoms with Crippen molar-refractivity contribution >= 4 is 19.8 Å². The van der Waals surface area contributed by atoms with E-state index in [1.807, 2.05) is 0 Å². The summed E-state index contributed by atoms with van der Waals surface area (Å²) in [4.78, 5) is 36.9. The van der Waals surface area contributed by atoms with Gasteiger partial charge in [0.25, 0.3) is 7.82 Å². The molecule has 0 spiro atoms. The lowest BCUT2D eigenvalue weighted by Gasteiger charge is -2.25. The van der Waals surface area contributed by atoms with Crippen molar-refractivity contribution in [1.29, 1.82) is 0 Å². The van der Waals surface area contributed by atoms with E-state index in [4.69, 9.17) is 24.3 Å². The van der Waals surface area contributed by atoms with Crippen LogP contribution in [0.25, 0.3) is 0 Å². The molecule has 0 aliphatic rings. The molecule has 0 aliphatic carbocycles. The summed E-state index contributed by atoms with van der Waals surface area (Å²) in [5.74, 6) is -0.846. The first-order valence-corrected chi connectivity index (χ1v) is 20.5. The van der Waals surface area contributed by atoms with Gasteiger partial charge in [-0.15, -0.1) is 0 Å². The van der Waals surface area contributed by atoms with Crippen molar-refractivity contribution in [2.45, 2.75) is 193 Å². The zero-order valence-corrected chi connectivity index (χ0v) is 30.7. The second-order valence-electron chi connectivity index (χ2n) is 12.8. The Kier molecular flexibility index (Phi) is 33.2. The number of carbonyl (C=O) groups is 2. The number of hydrogen-bond donors (Lipinski definition) is 1. The Hall–Kier alpha value is -0.990. The molecule has 1 unspecified atom stereocenters. The molecule has 46 heavy (non-hydrogen) atoms. The summed E-state index contributed by atoms with van der Waals surface area (Å²) in [5.41, 5.74) is 5.38. The summed E-state index contributed by atoms with van der Waals surface area (Å²) < 4.78 is 32.6. The molecule has 0 fully saturated rings. The van der Waals surface area contributed by atoms with Crippen molar-refractivity contribution in [3.05, 3.63) is 0 Å². The number of carbonyl (C=O) groups excluding carboxylic acids is 2. The summed E-state index contributed by atoms with van der Waals surface area (Å²) in [6.07, 6.45) is 28.6. The normalized spacial score (nSPS) is 13.4. The zero-order valence-electron chi connectivity index (χ0n) is 29.8. The van der Waals surface area contributed by atoms with Crippen LogP contribution in [0.1, 0.15) is 187 Å². The lowest BCUT2D eigenvalue weighted by molar-refractivity contribution is -0.228. The van der Waals surface area contributed by atoms with Gasteiger partial charge < -0.3 is 29.1 Å². The Morgan fingerprint density at radius 3 is 1.37 bits per heavy atom. The van der Waals surface area contributed by atoms with Crippen LogP contribution in [0.4, 0.5) is 0 Å². The maximum absolute atomic E-state index is 12.5. The molecule has 0 heterocycles. The minimum absolute atomic E-state index is 0.0886. The molecule has 0 aliphatic heterocycles. The Labute approximate surface area is 282 Å². The number of nitrogens with two attached hydrogens (primary N) is 1. The highest BCUT2D eigenvalue weighted by atomic mass is 31.2. The van der Waals surface area contributed by atoms with Gasteiger partial charge in [-0.25, -0.2) is 0 Å². The van der Waals surface area contributed by atoms with Gasteiger partial charge in [-0.2, -0.15) is 0 Å². The molecular formula is C36H71NO8P-. The molecular weight excluding hydrogens is 605 g/mol. The summed E-state index contributed by atoms with van der Waals surface area (Å²) >= 11 is 0. The van der Waals surface area contributed by atoms with Crippen LogP contribution in [0.3, 0.4) is 0 Å². The largest absolute Gasteiger partial charge is 0.756 e. The summed E-state index contributed by atoms with van der Waals surface area (Å²) in [5, 5.41) is 0. The number of rotatable bonds is 36. The Morgan fingerprint density at radius 1 is 0.565 bits per heavy atom. The molecule has 0 saturated heterocycles. The molecule has 9 nitrogen and oxygen atoms in total. The van der Waals surface area contributed by atoms with E-state index in [-0.39, 0.29) is 38.6 Å². The van der Waals surface area contributed by atoms with Gasteiger partial charge in [0.2, 0.25) is 0 Å². The van der Waals surface area contributed by atoms with Gasteiger partial charge in [0.15, 0.2) is 6.10 Å². The summed E-state index contributed by atoms with van der Waals surface area (Å²) in [7, 11) is -4.60. The van der Waals surface area contributed by atoms with Gasteiger partial charge in [0.1, 0.15) is 6.61 Å². The predicted molar refractivity (Wildman–Crippen MR) is 185 cm³/mol. The molecule has 0 rings (SSSR count).